The average molecular weight is 329 g/mol. The second-order valence-corrected chi connectivity index (χ2v) is 5.88. The van der Waals surface area contributed by atoms with Crippen LogP contribution in [-0.2, 0) is 7.05 Å². The number of aromatic nitrogens is 1. The number of halogens is 1. The molecule has 0 atom stereocenters. The molecule has 23 heavy (non-hydrogen) atoms. The van der Waals surface area contributed by atoms with Crippen molar-refractivity contribution in [2.45, 2.75) is 0 Å². The van der Waals surface area contributed by atoms with Crippen molar-refractivity contribution in [3.8, 4) is 0 Å². The number of Topliss-reactive ketones (excluding diaryl/α,β-unsaturated/α-hetero) is 1. The van der Waals surface area contributed by atoms with E-state index < -0.39 is 5.82 Å². The quantitative estimate of drug-likeness (QED) is 0.687. The summed E-state index contributed by atoms with van der Waals surface area (Å²) < 4.78 is 20.9. The standard InChI is InChI=1S/C17H12FNO3S/c1-19-16(10-13(20)14-7-4-8-22-14)23-15(17(19)21)9-11-5-2-3-6-12(11)18/h2-10H,1H3/b15-9+,16-10-. The maximum Gasteiger partial charge on any atom is 0.268 e. The molecule has 0 bridgehead atoms. The van der Waals surface area contributed by atoms with Gasteiger partial charge in [0.25, 0.3) is 5.56 Å². The Hall–Kier alpha value is -2.73. The normalized spacial score (nSPS) is 12.8. The van der Waals surface area contributed by atoms with Crippen molar-refractivity contribution >= 4 is 29.3 Å². The monoisotopic (exact) mass is 329 g/mol. The van der Waals surface area contributed by atoms with Gasteiger partial charge in [-0.2, -0.15) is 0 Å². The van der Waals surface area contributed by atoms with Gasteiger partial charge < -0.3 is 8.98 Å². The lowest BCUT2D eigenvalue weighted by molar-refractivity contribution is 0.103. The van der Waals surface area contributed by atoms with Crippen molar-refractivity contribution in [3.05, 3.63) is 79.4 Å². The van der Waals surface area contributed by atoms with Crippen molar-refractivity contribution in [1.29, 1.82) is 0 Å². The fourth-order valence-electron chi connectivity index (χ4n) is 2.04. The molecule has 6 heteroatoms. The Kier molecular flexibility index (Phi) is 4.08. The molecule has 0 radical (unpaired) electrons. The van der Waals surface area contributed by atoms with E-state index >= 15 is 0 Å². The van der Waals surface area contributed by atoms with Gasteiger partial charge in [0, 0.05) is 18.7 Å². The number of thiazole rings is 1. The summed E-state index contributed by atoms with van der Waals surface area (Å²) >= 11 is 1.13. The van der Waals surface area contributed by atoms with Crippen molar-refractivity contribution in [1.82, 2.24) is 4.57 Å². The van der Waals surface area contributed by atoms with Crippen LogP contribution in [0.15, 0.2) is 51.9 Å². The van der Waals surface area contributed by atoms with Crippen molar-refractivity contribution < 1.29 is 13.6 Å². The molecule has 2 heterocycles. The summed E-state index contributed by atoms with van der Waals surface area (Å²) in [7, 11) is 1.57. The van der Waals surface area contributed by atoms with E-state index in [0.717, 1.165) is 11.3 Å². The fourth-order valence-corrected chi connectivity index (χ4v) is 3.06. The Morgan fingerprint density at radius 2 is 2.04 bits per heavy atom. The van der Waals surface area contributed by atoms with Crippen LogP contribution < -0.4 is 14.8 Å². The van der Waals surface area contributed by atoms with E-state index in [1.54, 1.807) is 37.4 Å². The van der Waals surface area contributed by atoms with E-state index in [1.165, 1.54) is 29.0 Å². The third-order valence-electron chi connectivity index (χ3n) is 3.27. The van der Waals surface area contributed by atoms with E-state index in [1.807, 2.05) is 0 Å². The summed E-state index contributed by atoms with van der Waals surface area (Å²) in [6.45, 7) is 0. The summed E-state index contributed by atoms with van der Waals surface area (Å²) in [5.41, 5.74) is 0.0482. The largest absolute Gasteiger partial charge is 0.461 e. The zero-order valence-electron chi connectivity index (χ0n) is 12.2. The average Bonchev–Trinajstić information content (AvgIpc) is 3.15. The Bertz CT molecular complexity index is 1030. The highest BCUT2D eigenvalue weighted by Gasteiger charge is 2.08. The minimum Gasteiger partial charge on any atom is -0.461 e. The minimum absolute atomic E-state index is 0.200. The highest BCUT2D eigenvalue weighted by atomic mass is 32.1. The second-order valence-electron chi connectivity index (χ2n) is 4.82. The van der Waals surface area contributed by atoms with Crippen LogP contribution in [0.3, 0.4) is 0 Å². The fraction of sp³-hybridized carbons (Fsp3) is 0.0588. The van der Waals surface area contributed by atoms with Crippen LogP contribution in [0.2, 0.25) is 0 Å². The number of nitrogens with zero attached hydrogens (tertiary/aromatic N) is 1. The van der Waals surface area contributed by atoms with E-state index in [2.05, 4.69) is 0 Å². The summed E-state index contributed by atoms with van der Waals surface area (Å²) in [6.07, 6.45) is 4.23. The number of hydrogen-bond donors (Lipinski definition) is 0. The highest BCUT2D eigenvalue weighted by Crippen LogP contribution is 2.06. The molecule has 116 valence electrons. The molecule has 0 N–H and O–H groups in total. The van der Waals surface area contributed by atoms with E-state index in [9.17, 15) is 14.0 Å². The van der Waals surface area contributed by atoms with Crippen molar-refractivity contribution in [2.24, 2.45) is 7.05 Å². The Morgan fingerprint density at radius 3 is 2.74 bits per heavy atom. The van der Waals surface area contributed by atoms with Gasteiger partial charge in [0.1, 0.15) is 10.5 Å². The Morgan fingerprint density at radius 1 is 1.26 bits per heavy atom. The molecule has 3 rings (SSSR count). The van der Waals surface area contributed by atoms with E-state index in [4.69, 9.17) is 4.42 Å². The van der Waals surface area contributed by atoms with Gasteiger partial charge in [-0.05, 0) is 24.3 Å². The van der Waals surface area contributed by atoms with Gasteiger partial charge in [0.2, 0.25) is 5.78 Å². The summed E-state index contributed by atoms with van der Waals surface area (Å²) in [6, 6.07) is 9.37. The van der Waals surface area contributed by atoms with Gasteiger partial charge in [0.05, 0.1) is 10.8 Å². The number of ketones is 1. The van der Waals surface area contributed by atoms with Gasteiger partial charge in [-0.25, -0.2) is 4.39 Å². The topological polar surface area (TPSA) is 52.2 Å². The van der Waals surface area contributed by atoms with Crippen molar-refractivity contribution in [3.63, 3.8) is 0 Å². The first kappa shape index (κ1) is 15.2. The molecule has 1 aromatic carbocycles. The lowest BCUT2D eigenvalue weighted by Crippen LogP contribution is -2.29. The zero-order valence-corrected chi connectivity index (χ0v) is 13.0. The van der Waals surface area contributed by atoms with Gasteiger partial charge in [-0.1, -0.05) is 18.2 Å². The summed E-state index contributed by atoms with van der Waals surface area (Å²) in [5, 5.41) is 0. The third-order valence-corrected chi connectivity index (χ3v) is 4.38. The molecule has 0 aliphatic rings. The van der Waals surface area contributed by atoms with Crippen LogP contribution in [0.5, 0.6) is 0 Å². The number of hydrogen-bond acceptors (Lipinski definition) is 4. The predicted octanol–water partition coefficient (Wildman–Crippen LogP) is 1.67. The maximum atomic E-state index is 13.7. The number of furan rings is 1. The molecule has 2 aromatic heterocycles. The molecule has 0 fully saturated rings. The molecule has 0 aliphatic heterocycles. The zero-order chi connectivity index (χ0) is 16.4. The number of benzene rings is 1. The predicted molar refractivity (Wildman–Crippen MR) is 86.3 cm³/mol. The first-order valence-electron chi connectivity index (χ1n) is 6.78. The SMILES string of the molecule is Cn1c(=O)/c(=C\c2ccccc2F)s/c1=C\C(=O)c1ccco1. The smallest absolute Gasteiger partial charge is 0.268 e. The highest BCUT2D eigenvalue weighted by molar-refractivity contribution is 7.07. The van der Waals surface area contributed by atoms with Crippen LogP contribution >= 0.6 is 11.3 Å². The van der Waals surface area contributed by atoms with E-state index in [-0.39, 0.29) is 17.1 Å². The van der Waals surface area contributed by atoms with Crippen molar-refractivity contribution in [2.75, 3.05) is 0 Å². The third kappa shape index (κ3) is 3.07. The molecular weight excluding hydrogens is 317 g/mol. The van der Waals surface area contributed by atoms with Gasteiger partial charge >= 0.3 is 0 Å². The van der Waals surface area contributed by atoms with Gasteiger partial charge in [0.15, 0.2) is 5.76 Å². The number of rotatable bonds is 3. The first-order valence-corrected chi connectivity index (χ1v) is 7.59. The molecule has 0 amide bonds. The Labute approximate surface area is 134 Å². The van der Waals surface area contributed by atoms with Gasteiger partial charge in [-0.3, -0.25) is 9.59 Å². The second kappa shape index (κ2) is 6.18. The molecule has 0 saturated heterocycles. The first-order chi connectivity index (χ1) is 11.1. The van der Waals surface area contributed by atoms with Gasteiger partial charge in [-0.15, -0.1) is 11.3 Å². The Balaban J connectivity index is 2.11. The molecule has 0 unspecified atom stereocenters. The summed E-state index contributed by atoms with van der Waals surface area (Å²) in [5.74, 6) is -0.532. The molecule has 0 spiro atoms. The molecule has 3 aromatic rings. The van der Waals surface area contributed by atoms with Crippen LogP contribution in [0, 0.1) is 5.82 Å². The molecular formula is C17H12FNO3S. The molecule has 0 aliphatic carbocycles. The number of carbonyl (C=O) groups is 1. The van der Waals surface area contributed by atoms with Crippen LogP contribution in [0.25, 0.3) is 12.2 Å². The van der Waals surface area contributed by atoms with E-state index in [0.29, 0.717) is 14.8 Å². The van der Waals surface area contributed by atoms with Crippen LogP contribution in [-0.4, -0.2) is 10.4 Å². The lowest BCUT2D eigenvalue weighted by Gasteiger charge is -1.92. The molecule has 0 saturated carbocycles. The van der Waals surface area contributed by atoms with Crippen LogP contribution in [0.1, 0.15) is 16.1 Å². The minimum atomic E-state index is -0.403. The lowest BCUT2D eigenvalue weighted by atomic mass is 10.2. The molecule has 4 nitrogen and oxygen atoms in total. The van der Waals surface area contributed by atoms with Crippen LogP contribution in [0.4, 0.5) is 4.39 Å². The summed E-state index contributed by atoms with van der Waals surface area (Å²) in [4.78, 5) is 24.3. The maximum absolute atomic E-state index is 13.7. The number of carbonyl (C=O) groups excluding carboxylic acids is 1.